The fourth-order valence-electron chi connectivity index (χ4n) is 7.48. The van der Waals surface area contributed by atoms with Crippen molar-refractivity contribution < 1.29 is 33.8 Å². The van der Waals surface area contributed by atoms with Crippen LogP contribution in [0.25, 0.3) is 0 Å². The molecule has 1 spiro atoms. The maximum atomic E-state index is 15.0. The van der Waals surface area contributed by atoms with Gasteiger partial charge in [-0.3, -0.25) is 19.2 Å². The number of allylic oxidation sites excluding steroid dienone is 1. The Labute approximate surface area is 280 Å². The number of esters is 1. The van der Waals surface area contributed by atoms with Crippen LogP contribution in [0.3, 0.4) is 0 Å². The van der Waals surface area contributed by atoms with E-state index in [1.807, 2.05) is 45.9 Å². The van der Waals surface area contributed by atoms with Gasteiger partial charge in [-0.15, -0.1) is 13.2 Å². The predicted octanol–water partition coefficient (Wildman–Crippen LogP) is 3.99. The number of aliphatic hydroxyl groups is 1. The lowest BCUT2D eigenvalue weighted by atomic mass is 9.70. The zero-order valence-electron chi connectivity index (χ0n) is 27.5. The standard InChI is InChI=1S/C35H48BrN3O7/c1-8-11-15-26(41)37-18-23(7)45-34(44)27-28-32(42)39(25(19-40)20(4)10-3)31(35(28)17-24(36)30(27)46-35)33(43)38(16-9-2)29-21(5)13-12-14-22(29)6/h8-9,12-14,20,23-25,27-28,30-31,40H,1-2,10-11,15-19H2,3-7H3,(H,37,41)/t20-,23-,24?,25-,27+,28-,30+,31+,35-/m0/s1. The second kappa shape index (κ2) is 14.8. The third-order valence-corrected chi connectivity index (χ3v) is 10.7. The Hall–Kier alpha value is -3.02. The first-order chi connectivity index (χ1) is 21.9. The topological polar surface area (TPSA) is 125 Å². The number of hydrogen-bond donors (Lipinski definition) is 2. The minimum absolute atomic E-state index is 0.113. The summed E-state index contributed by atoms with van der Waals surface area (Å²) in [6.45, 7) is 16.9. The molecule has 3 amide bonds. The smallest absolute Gasteiger partial charge is 0.312 e. The number of nitrogens with one attached hydrogen (secondary N) is 1. The number of alkyl halides is 1. The summed E-state index contributed by atoms with van der Waals surface area (Å²) in [5.74, 6) is -3.64. The van der Waals surface area contributed by atoms with Gasteiger partial charge >= 0.3 is 5.97 Å². The van der Waals surface area contributed by atoms with Gasteiger partial charge in [0.1, 0.15) is 17.7 Å². The van der Waals surface area contributed by atoms with Crippen molar-refractivity contribution in [3.63, 3.8) is 0 Å². The number of aliphatic hydroxyl groups excluding tert-OH is 1. The highest BCUT2D eigenvalue weighted by Gasteiger charge is 2.77. The van der Waals surface area contributed by atoms with E-state index in [0.717, 1.165) is 16.8 Å². The maximum Gasteiger partial charge on any atom is 0.312 e. The van der Waals surface area contributed by atoms with Gasteiger partial charge in [0.2, 0.25) is 11.8 Å². The normalized spacial score (nSPS) is 28.3. The van der Waals surface area contributed by atoms with Crippen molar-refractivity contribution in [2.75, 3.05) is 24.6 Å². The summed E-state index contributed by atoms with van der Waals surface area (Å²) in [6.07, 6.45) is 3.76. The highest BCUT2D eigenvalue weighted by Crippen LogP contribution is 2.61. The van der Waals surface area contributed by atoms with Gasteiger partial charge in [0.05, 0.1) is 37.1 Å². The fourth-order valence-corrected chi connectivity index (χ4v) is 8.43. The molecule has 4 rings (SSSR count). The van der Waals surface area contributed by atoms with E-state index in [0.29, 0.717) is 19.3 Å². The van der Waals surface area contributed by atoms with Crippen molar-refractivity contribution in [3.8, 4) is 0 Å². The highest BCUT2D eigenvalue weighted by atomic mass is 79.9. The number of para-hydroxylation sites is 1. The van der Waals surface area contributed by atoms with Crippen molar-refractivity contribution in [2.45, 2.75) is 95.0 Å². The largest absolute Gasteiger partial charge is 0.460 e. The SMILES string of the molecule is C=CCCC(=O)NC[C@H](C)OC(=O)[C@H]1[C@@H]2O[C@@]3(CC2Br)[C@@H]1C(=O)N([C@@H](CO)[C@@H](C)CC)[C@@H]3C(=O)N(CC=C)c1c(C)cccc1C. The zero-order valence-corrected chi connectivity index (χ0v) is 29.1. The van der Waals surface area contributed by atoms with E-state index in [4.69, 9.17) is 9.47 Å². The van der Waals surface area contributed by atoms with Crippen molar-refractivity contribution in [3.05, 3.63) is 54.6 Å². The summed E-state index contributed by atoms with van der Waals surface area (Å²) in [5.41, 5.74) is 1.19. The Bertz CT molecular complexity index is 1330. The molecule has 9 atom stereocenters. The molecule has 2 bridgehead atoms. The van der Waals surface area contributed by atoms with Gasteiger partial charge in [-0.05, 0) is 50.7 Å². The number of amides is 3. The quantitative estimate of drug-likeness (QED) is 0.161. The second-order valence-corrected chi connectivity index (χ2v) is 14.1. The van der Waals surface area contributed by atoms with Gasteiger partial charge in [0.25, 0.3) is 5.91 Å². The van der Waals surface area contributed by atoms with Gasteiger partial charge in [0, 0.05) is 23.5 Å². The number of fused-ring (bicyclic) bond motifs is 1. The van der Waals surface area contributed by atoms with E-state index in [1.54, 1.807) is 24.0 Å². The molecule has 0 aliphatic carbocycles. The first-order valence-corrected chi connectivity index (χ1v) is 17.1. The molecule has 1 aromatic carbocycles. The van der Waals surface area contributed by atoms with Crippen molar-refractivity contribution in [1.82, 2.24) is 10.2 Å². The Morgan fingerprint density at radius 3 is 2.50 bits per heavy atom. The summed E-state index contributed by atoms with van der Waals surface area (Å²) in [6, 6.07) is 4.02. The average molecular weight is 703 g/mol. The minimum atomic E-state index is -1.32. The number of hydrogen-bond acceptors (Lipinski definition) is 7. The van der Waals surface area contributed by atoms with E-state index in [9.17, 15) is 24.3 Å². The highest BCUT2D eigenvalue weighted by molar-refractivity contribution is 9.09. The molecule has 11 heteroatoms. The number of rotatable bonds is 15. The van der Waals surface area contributed by atoms with Crippen LogP contribution in [-0.4, -0.2) is 88.1 Å². The van der Waals surface area contributed by atoms with Crippen molar-refractivity contribution in [1.29, 1.82) is 0 Å². The number of carbonyl (C=O) groups excluding carboxylic acids is 4. The monoisotopic (exact) mass is 701 g/mol. The summed E-state index contributed by atoms with van der Waals surface area (Å²) in [4.78, 5) is 58.4. The van der Waals surface area contributed by atoms with Gasteiger partial charge in [-0.25, -0.2) is 0 Å². The van der Waals surface area contributed by atoms with Crippen LogP contribution in [0.1, 0.15) is 57.6 Å². The van der Waals surface area contributed by atoms with Crippen LogP contribution in [0, 0.1) is 31.6 Å². The zero-order chi connectivity index (χ0) is 33.9. The Morgan fingerprint density at radius 2 is 1.91 bits per heavy atom. The molecule has 3 fully saturated rings. The molecule has 3 aliphatic rings. The molecular formula is C35H48BrN3O7. The van der Waals surface area contributed by atoms with Crippen LogP contribution in [0.4, 0.5) is 5.69 Å². The Kier molecular flexibility index (Phi) is 11.5. The molecule has 46 heavy (non-hydrogen) atoms. The number of likely N-dealkylation sites (tertiary alicyclic amines) is 1. The lowest BCUT2D eigenvalue weighted by molar-refractivity contribution is -0.160. The van der Waals surface area contributed by atoms with Crippen molar-refractivity contribution in [2.24, 2.45) is 17.8 Å². The van der Waals surface area contributed by atoms with Gasteiger partial charge < -0.3 is 29.7 Å². The van der Waals surface area contributed by atoms with Crippen molar-refractivity contribution >= 4 is 45.3 Å². The molecule has 2 N–H and O–H groups in total. The molecule has 0 radical (unpaired) electrons. The Balaban J connectivity index is 1.74. The summed E-state index contributed by atoms with van der Waals surface area (Å²) in [5, 5.41) is 13.4. The molecule has 10 nitrogen and oxygen atoms in total. The third kappa shape index (κ3) is 6.42. The van der Waals surface area contributed by atoms with Gasteiger partial charge in [-0.1, -0.05) is 66.5 Å². The number of anilines is 1. The van der Waals surface area contributed by atoms with Crippen LogP contribution in [0.15, 0.2) is 43.5 Å². The number of aryl methyl sites for hydroxylation is 2. The van der Waals surface area contributed by atoms with E-state index < -0.39 is 53.6 Å². The van der Waals surface area contributed by atoms with Crippen LogP contribution in [0.2, 0.25) is 0 Å². The van der Waals surface area contributed by atoms with Crippen LogP contribution >= 0.6 is 15.9 Å². The lowest BCUT2D eigenvalue weighted by Crippen LogP contribution is -2.60. The number of benzene rings is 1. The second-order valence-electron chi connectivity index (χ2n) is 12.9. The van der Waals surface area contributed by atoms with Crippen LogP contribution in [0.5, 0.6) is 0 Å². The average Bonchev–Trinajstić information content (AvgIpc) is 3.61. The van der Waals surface area contributed by atoms with Gasteiger partial charge in [0.15, 0.2) is 0 Å². The minimum Gasteiger partial charge on any atom is -0.460 e. The first-order valence-electron chi connectivity index (χ1n) is 16.2. The lowest BCUT2D eigenvalue weighted by Gasteiger charge is -2.41. The fraction of sp³-hybridized carbons (Fsp3) is 0.600. The van der Waals surface area contributed by atoms with E-state index in [2.05, 4.69) is 34.4 Å². The third-order valence-electron chi connectivity index (χ3n) is 9.84. The number of ether oxygens (including phenoxy) is 2. The molecule has 252 valence electrons. The van der Waals surface area contributed by atoms with E-state index in [-0.39, 0.29) is 48.7 Å². The number of nitrogens with zero attached hydrogens (tertiary/aromatic N) is 2. The molecule has 3 heterocycles. The molecule has 1 unspecified atom stereocenters. The Morgan fingerprint density at radius 1 is 1.24 bits per heavy atom. The predicted molar refractivity (Wildman–Crippen MR) is 179 cm³/mol. The molecule has 0 aromatic heterocycles. The molecule has 3 saturated heterocycles. The van der Waals surface area contributed by atoms with Crippen LogP contribution in [-0.2, 0) is 28.7 Å². The number of carbonyl (C=O) groups is 4. The summed E-state index contributed by atoms with van der Waals surface area (Å²) >= 11 is 3.71. The maximum absolute atomic E-state index is 15.0. The first kappa shape index (κ1) is 35.8. The molecule has 1 aromatic rings. The summed E-state index contributed by atoms with van der Waals surface area (Å²) < 4.78 is 12.5. The van der Waals surface area contributed by atoms with E-state index >= 15 is 0 Å². The molecule has 3 aliphatic heterocycles. The molecular weight excluding hydrogens is 654 g/mol. The van der Waals surface area contributed by atoms with Gasteiger partial charge in [-0.2, -0.15) is 0 Å². The molecule has 0 saturated carbocycles. The number of halogens is 1. The van der Waals surface area contributed by atoms with E-state index in [1.165, 1.54) is 4.90 Å². The van der Waals surface area contributed by atoms with Crippen LogP contribution < -0.4 is 10.2 Å². The summed E-state index contributed by atoms with van der Waals surface area (Å²) in [7, 11) is 0.